The van der Waals surface area contributed by atoms with E-state index in [0.717, 1.165) is 15.2 Å². The molecule has 3 aromatic carbocycles. The van der Waals surface area contributed by atoms with Gasteiger partial charge in [-0.25, -0.2) is 9.82 Å². The van der Waals surface area contributed by atoms with Crippen molar-refractivity contribution in [2.24, 2.45) is 5.10 Å². The minimum Gasteiger partial charge on any atom is -0.484 e. The summed E-state index contributed by atoms with van der Waals surface area (Å²) >= 11 is 3.43. The van der Waals surface area contributed by atoms with Crippen LogP contribution in [0.4, 0.5) is 4.39 Å². The van der Waals surface area contributed by atoms with Gasteiger partial charge in [0.15, 0.2) is 6.61 Å². The van der Waals surface area contributed by atoms with Crippen LogP contribution in [0.15, 0.2) is 70.2 Å². The summed E-state index contributed by atoms with van der Waals surface area (Å²) in [6.07, 6.45) is 1.44. The molecule has 1 N–H and O–H groups in total. The van der Waals surface area contributed by atoms with E-state index in [9.17, 15) is 9.18 Å². The second-order valence-electron chi connectivity index (χ2n) is 5.29. The molecule has 126 valence electrons. The van der Waals surface area contributed by atoms with Gasteiger partial charge in [0, 0.05) is 4.47 Å². The number of nitrogens with zero attached hydrogens (tertiary/aromatic N) is 1. The Labute approximate surface area is 152 Å². The lowest BCUT2D eigenvalue weighted by Gasteiger charge is -2.06. The number of ether oxygens (including phenoxy) is 1. The second kappa shape index (κ2) is 7.90. The molecule has 0 atom stereocenters. The Kier molecular flexibility index (Phi) is 5.40. The smallest absolute Gasteiger partial charge is 0.277 e. The fourth-order valence-corrected chi connectivity index (χ4v) is 2.57. The van der Waals surface area contributed by atoms with Gasteiger partial charge < -0.3 is 4.74 Å². The van der Waals surface area contributed by atoms with Crippen molar-refractivity contribution in [1.82, 2.24) is 5.43 Å². The van der Waals surface area contributed by atoms with Gasteiger partial charge in [0.2, 0.25) is 0 Å². The largest absolute Gasteiger partial charge is 0.484 e. The van der Waals surface area contributed by atoms with Crippen LogP contribution in [-0.2, 0) is 4.79 Å². The van der Waals surface area contributed by atoms with Gasteiger partial charge >= 0.3 is 0 Å². The van der Waals surface area contributed by atoms with E-state index >= 15 is 0 Å². The first-order chi connectivity index (χ1) is 12.1. The van der Waals surface area contributed by atoms with Crippen molar-refractivity contribution in [3.8, 4) is 5.75 Å². The van der Waals surface area contributed by atoms with Crippen molar-refractivity contribution in [3.05, 3.63) is 76.5 Å². The molecule has 1 amide bonds. The summed E-state index contributed by atoms with van der Waals surface area (Å²) in [5.74, 6) is -0.0981. The minimum absolute atomic E-state index is 0.150. The lowest BCUT2D eigenvalue weighted by atomic mass is 10.1. The predicted octanol–water partition coefficient (Wildman–Crippen LogP) is 4.27. The molecule has 0 spiro atoms. The van der Waals surface area contributed by atoms with E-state index in [1.807, 2.05) is 36.4 Å². The van der Waals surface area contributed by atoms with Crippen LogP contribution < -0.4 is 10.2 Å². The molecule has 0 aromatic heterocycles. The number of amides is 1. The number of fused-ring (bicyclic) bond motifs is 1. The van der Waals surface area contributed by atoms with E-state index in [0.29, 0.717) is 11.3 Å². The molecule has 0 fully saturated rings. The molecule has 3 aromatic rings. The summed E-state index contributed by atoms with van der Waals surface area (Å²) in [5.41, 5.74) is 3.05. The number of hydrogen-bond donors (Lipinski definition) is 1. The zero-order valence-corrected chi connectivity index (χ0v) is 14.7. The van der Waals surface area contributed by atoms with Crippen molar-refractivity contribution in [3.63, 3.8) is 0 Å². The Balaban J connectivity index is 1.53. The molecule has 0 aliphatic rings. The first-order valence-electron chi connectivity index (χ1n) is 7.50. The number of hydrazone groups is 1. The summed E-state index contributed by atoms with van der Waals surface area (Å²) < 4.78 is 19.3. The zero-order chi connectivity index (χ0) is 17.6. The number of halogens is 2. The van der Waals surface area contributed by atoms with Crippen LogP contribution in [-0.4, -0.2) is 18.7 Å². The highest BCUT2D eigenvalue weighted by Crippen LogP contribution is 2.24. The maximum atomic E-state index is 12.8. The van der Waals surface area contributed by atoms with Crippen LogP contribution >= 0.6 is 15.9 Å². The fraction of sp³-hybridized carbons (Fsp3) is 0.0526. The molecule has 0 unspecified atom stereocenters. The van der Waals surface area contributed by atoms with Crippen LogP contribution in [0, 0.1) is 5.82 Å². The molecule has 0 bridgehead atoms. The highest BCUT2D eigenvalue weighted by Gasteiger charge is 2.03. The lowest BCUT2D eigenvalue weighted by molar-refractivity contribution is -0.123. The van der Waals surface area contributed by atoms with Gasteiger partial charge in [-0.1, -0.05) is 40.2 Å². The Morgan fingerprint density at radius 2 is 1.80 bits per heavy atom. The monoisotopic (exact) mass is 400 g/mol. The molecular weight excluding hydrogens is 387 g/mol. The van der Waals surface area contributed by atoms with E-state index in [1.54, 1.807) is 12.1 Å². The van der Waals surface area contributed by atoms with E-state index < -0.39 is 0 Å². The van der Waals surface area contributed by atoms with Crippen LogP contribution in [0.2, 0.25) is 0 Å². The third-order valence-electron chi connectivity index (χ3n) is 3.42. The Morgan fingerprint density at radius 3 is 2.60 bits per heavy atom. The summed E-state index contributed by atoms with van der Waals surface area (Å²) in [6.45, 7) is -0.150. The van der Waals surface area contributed by atoms with E-state index in [4.69, 9.17) is 4.74 Å². The quantitative estimate of drug-likeness (QED) is 0.513. The number of nitrogens with one attached hydrogen (secondary N) is 1. The van der Waals surface area contributed by atoms with Crippen LogP contribution in [0.1, 0.15) is 5.56 Å². The van der Waals surface area contributed by atoms with Crippen LogP contribution in [0.5, 0.6) is 5.75 Å². The molecule has 3 rings (SSSR count). The van der Waals surface area contributed by atoms with Crippen LogP contribution in [0.3, 0.4) is 0 Å². The Hall–Kier alpha value is -2.73. The van der Waals surface area contributed by atoms with Crippen molar-refractivity contribution in [2.45, 2.75) is 0 Å². The van der Waals surface area contributed by atoms with Gasteiger partial charge in [-0.3, -0.25) is 4.79 Å². The molecule has 0 saturated heterocycles. The Bertz CT molecular complexity index is 926. The average molecular weight is 401 g/mol. The first kappa shape index (κ1) is 17.1. The van der Waals surface area contributed by atoms with E-state index in [1.165, 1.54) is 18.3 Å². The van der Waals surface area contributed by atoms with Crippen molar-refractivity contribution in [2.75, 3.05) is 6.61 Å². The third kappa shape index (κ3) is 4.87. The van der Waals surface area contributed by atoms with E-state index in [-0.39, 0.29) is 18.3 Å². The first-order valence-corrected chi connectivity index (χ1v) is 8.29. The molecule has 0 aliphatic heterocycles. The third-order valence-corrected chi connectivity index (χ3v) is 3.91. The summed E-state index contributed by atoms with van der Waals surface area (Å²) in [7, 11) is 0. The molecule has 0 heterocycles. The normalized spacial score (nSPS) is 11.0. The zero-order valence-electron chi connectivity index (χ0n) is 13.1. The van der Waals surface area contributed by atoms with Crippen molar-refractivity contribution >= 4 is 38.8 Å². The highest BCUT2D eigenvalue weighted by molar-refractivity contribution is 9.10. The summed E-state index contributed by atoms with van der Waals surface area (Å²) in [6, 6.07) is 17.3. The molecule has 4 nitrogen and oxygen atoms in total. The maximum Gasteiger partial charge on any atom is 0.277 e. The Morgan fingerprint density at radius 1 is 1.08 bits per heavy atom. The van der Waals surface area contributed by atoms with Gasteiger partial charge in [0.1, 0.15) is 11.6 Å². The van der Waals surface area contributed by atoms with E-state index in [2.05, 4.69) is 26.5 Å². The molecule has 6 heteroatoms. The highest BCUT2D eigenvalue weighted by atomic mass is 79.9. The SMILES string of the molecule is O=C(COc1ccc2cc(Br)ccc2c1)NN=Cc1ccc(F)cc1. The number of benzene rings is 3. The second-order valence-corrected chi connectivity index (χ2v) is 6.20. The fourth-order valence-electron chi connectivity index (χ4n) is 2.19. The molecule has 0 aliphatic carbocycles. The number of carbonyl (C=O) groups is 1. The summed E-state index contributed by atoms with van der Waals surface area (Å²) in [4.78, 5) is 11.8. The van der Waals surface area contributed by atoms with Crippen molar-refractivity contribution in [1.29, 1.82) is 0 Å². The lowest BCUT2D eigenvalue weighted by Crippen LogP contribution is -2.24. The number of hydrogen-bond acceptors (Lipinski definition) is 3. The molecule has 25 heavy (non-hydrogen) atoms. The summed E-state index contributed by atoms with van der Waals surface area (Å²) in [5, 5.41) is 5.91. The van der Waals surface area contributed by atoms with Gasteiger partial charge in [0.05, 0.1) is 6.21 Å². The van der Waals surface area contributed by atoms with Gasteiger partial charge in [-0.05, 0) is 52.7 Å². The van der Waals surface area contributed by atoms with Crippen LogP contribution in [0.25, 0.3) is 10.8 Å². The standard InChI is InChI=1S/C19H14BrFN2O2/c20-16-5-3-15-10-18(8-4-14(15)9-16)25-12-19(24)23-22-11-13-1-6-17(21)7-2-13/h1-11H,12H2,(H,23,24). The number of rotatable bonds is 5. The molecular formula is C19H14BrFN2O2. The minimum atomic E-state index is -0.380. The van der Waals surface area contributed by atoms with Gasteiger partial charge in [0.25, 0.3) is 5.91 Å². The van der Waals surface area contributed by atoms with Gasteiger partial charge in [-0.2, -0.15) is 5.10 Å². The molecule has 0 saturated carbocycles. The molecule has 0 radical (unpaired) electrons. The van der Waals surface area contributed by atoms with Gasteiger partial charge in [-0.15, -0.1) is 0 Å². The topological polar surface area (TPSA) is 50.7 Å². The number of carbonyl (C=O) groups excluding carboxylic acids is 1. The maximum absolute atomic E-state index is 12.8. The average Bonchev–Trinajstić information content (AvgIpc) is 2.61. The predicted molar refractivity (Wildman–Crippen MR) is 99.3 cm³/mol. The van der Waals surface area contributed by atoms with Crippen molar-refractivity contribution < 1.29 is 13.9 Å².